The first kappa shape index (κ1) is 9.39. The maximum absolute atomic E-state index is 4.22. The zero-order valence-corrected chi connectivity index (χ0v) is 8.48. The molecule has 0 aliphatic heterocycles. The predicted molar refractivity (Wildman–Crippen MR) is 54.8 cm³/mol. The summed E-state index contributed by atoms with van der Waals surface area (Å²) in [5.41, 5.74) is 0. The molecular weight excluding hydrogens is 168 g/mol. The topological polar surface area (TPSA) is 24.9 Å². The Morgan fingerprint density at radius 1 is 1.50 bits per heavy atom. The van der Waals surface area contributed by atoms with Gasteiger partial charge in [-0.25, -0.2) is 4.98 Å². The van der Waals surface area contributed by atoms with E-state index >= 15 is 0 Å². The molecular formula is C9H14N2S. The van der Waals surface area contributed by atoms with E-state index in [1.165, 1.54) is 4.90 Å². The Kier molecular flexibility index (Phi) is 3.41. The van der Waals surface area contributed by atoms with E-state index in [0.717, 1.165) is 5.82 Å². The second-order valence-electron chi connectivity index (χ2n) is 2.77. The lowest BCUT2D eigenvalue weighted by Crippen LogP contribution is -1.95. The van der Waals surface area contributed by atoms with Gasteiger partial charge in [-0.05, 0) is 12.1 Å². The van der Waals surface area contributed by atoms with Crippen LogP contribution in [0.25, 0.3) is 0 Å². The molecule has 12 heavy (non-hydrogen) atoms. The fourth-order valence-corrected chi connectivity index (χ4v) is 1.86. The Hall–Kier alpha value is -0.700. The van der Waals surface area contributed by atoms with Crippen LogP contribution in [0.5, 0.6) is 0 Å². The third-order valence-corrected chi connectivity index (χ3v) is 2.42. The van der Waals surface area contributed by atoms with E-state index in [4.69, 9.17) is 0 Å². The molecule has 0 bridgehead atoms. The molecule has 66 valence electrons. The number of nitrogens with one attached hydrogen (secondary N) is 1. The zero-order chi connectivity index (χ0) is 8.97. The summed E-state index contributed by atoms with van der Waals surface area (Å²) in [6.07, 6.45) is 1.80. The SMILES string of the molecule is CNc1ncccc1SC(C)C. The van der Waals surface area contributed by atoms with Crippen molar-refractivity contribution in [3.63, 3.8) is 0 Å². The van der Waals surface area contributed by atoms with E-state index in [1.54, 1.807) is 6.20 Å². The van der Waals surface area contributed by atoms with E-state index < -0.39 is 0 Å². The number of aromatic nitrogens is 1. The summed E-state index contributed by atoms with van der Waals surface area (Å²) in [4.78, 5) is 5.44. The van der Waals surface area contributed by atoms with E-state index in [1.807, 2.05) is 24.9 Å². The van der Waals surface area contributed by atoms with Gasteiger partial charge in [0.2, 0.25) is 0 Å². The van der Waals surface area contributed by atoms with Gasteiger partial charge >= 0.3 is 0 Å². The van der Waals surface area contributed by atoms with Crippen molar-refractivity contribution in [3.05, 3.63) is 18.3 Å². The molecule has 0 atom stereocenters. The Morgan fingerprint density at radius 2 is 2.25 bits per heavy atom. The fraction of sp³-hybridized carbons (Fsp3) is 0.444. The first-order chi connectivity index (χ1) is 5.74. The van der Waals surface area contributed by atoms with Crippen LogP contribution in [-0.2, 0) is 0 Å². The predicted octanol–water partition coefficient (Wildman–Crippen LogP) is 2.62. The number of thioether (sulfide) groups is 1. The molecule has 0 spiro atoms. The van der Waals surface area contributed by atoms with Crippen molar-refractivity contribution in [1.82, 2.24) is 4.98 Å². The summed E-state index contributed by atoms with van der Waals surface area (Å²) in [5.74, 6) is 0.969. The number of hydrogen-bond acceptors (Lipinski definition) is 3. The van der Waals surface area contributed by atoms with Gasteiger partial charge in [0.25, 0.3) is 0 Å². The van der Waals surface area contributed by atoms with Gasteiger partial charge in [0.1, 0.15) is 5.82 Å². The van der Waals surface area contributed by atoms with E-state index in [0.29, 0.717) is 5.25 Å². The molecule has 1 N–H and O–H groups in total. The van der Waals surface area contributed by atoms with Crippen LogP contribution in [0.4, 0.5) is 5.82 Å². The Balaban J connectivity index is 2.82. The minimum Gasteiger partial charge on any atom is -0.372 e. The summed E-state index contributed by atoms with van der Waals surface area (Å²) in [7, 11) is 1.90. The van der Waals surface area contributed by atoms with Crippen molar-refractivity contribution in [3.8, 4) is 0 Å². The van der Waals surface area contributed by atoms with Crippen LogP contribution in [0.1, 0.15) is 13.8 Å². The molecule has 0 saturated heterocycles. The number of pyridine rings is 1. The smallest absolute Gasteiger partial charge is 0.139 e. The highest BCUT2D eigenvalue weighted by Gasteiger charge is 2.03. The van der Waals surface area contributed by atoms with Crippen molar-refractivity contribution >= 4 is 17.6 Å². The van der Waals surface area contributed by atoms with Crippen LogP contribution in [0.3, 0.4) is 0 Å². The second kappa shape index (κ2) is 4.36. The fourth-order valence-electron chi connectivity index (χ4n) is 0.927. The Morgan fingerprint density at radius 3 is 2.83 bits per heavy atom. The summed E-state index contributed by atoms with van der Waals surface area (Å²) in [6.45, 7) is 4.36. The molecule has 1 aromatic heterocycles. The van der Waals surface area contributed by atoms with Gasteiger partial charge in [-0.2, -0.15) is 0 Å². The maximum Gasteiger partial charge on any atom is 0.139 e. The average molecular weight is 182 g/mol. The Labute approximate surface area is 77.8 Å². The summed E-state index contributed by atoms with van der Waals surface area (Å²) >= 11 is 1.82. The van der Waals surface area contributed by atoms with Crippen molar-refractivity contribution < 1.29 is 0 Å². The standard InChI is InChI=1S/C9H14N2S/c1-7(2)12-8-5-4-6-11-9(8)10-3/h4-7H,1-3H3,(H,10,11). The molecule has 0 aliphatic rings. The molecule has 0 fully saturated rings. The largest absolute Gasteiger partial charge is 0.372 e. The molecule has 0 radical (unpaired) electrons. The molecule has 0 aromatic carbocycles. The first-order valence-electron chi connectivity index (χ1n) is 4.03. The maximum atomic E-state index is 4.22. The second-order valence-corrected chi connectivity index (χ2v) is 4.39. The molecule has 1 heterocycles. The average Bonchev–Trinajstić information content (AvgIpc) is 2.04. The number of nitrogens with zero attached hydrogens (tertiary/aromatic N) is 1. The lowest BCUT2D eigenvalue weighted by Gasteiger charge is -2.08. The normalized spacial score (nSPS) is 10.3. The molecule has 3 heteroatoms. The molecule has 0 unspecified atom stereocenters. The van der Waals surface area contributed by atoms with Gasteiger partial charge < -0.3 is 5.32 Å². The van der Waals surface area contributed by atoms with Crippen molar-refractivity contribution in [2.45, 2.75) is 24.0 Å². The number of hydrogen-bond donors (Lipinski definition) is 1. The molecule has 1 rings (SSSR count). The summed E-state index contributed by atoms with van der Waals surface area (Å²) < 4.78 is 0. The first-order valence-corrected chi connectivity index (χ1v) is 4.91. The van der Waals surface area contributed by atoms with Crippen LogP contribution in [0, 0.1) is 0 Å². The van der Waals surface area contributed by atoms with Gasteiger partial charge in [0.05, 0.1) is 0 Å². The highest BCUT2D eigenvalue weighted by Crippen LogP contribution is 2.27. The molecule has 1 aromatic rings. The van der Waals surface area contributed by atoms with Gasteiger partial charge in [-0.3, -0.25) is 0 Å². The van der Waals surface area contributed by atoms with Crippen molar-refractivity contribution in [2.24, 2.45) is 0 Å². The number of rotatable bonds is 3. The third-order valence-electron chi connectivity index (χ3n) is 1.37. The van der Waals surface area contributed by atoms with Crippen LogP contribution < -0.4 is 5.32 Å². The van der Waals surface area contributed by atoms with Crippen LogP contribution >= 0.6 is 11.8 Å². The minimum absolute atomic E-state index is 0.598. The highest BCUT2D eigenvalue weighted by molar-refractivity contribution is 8.00. The van der Waals surface area contributed by atoms with Crippen molar-refractivity contribution in [1.29, 1.82) is 0 Å². The van der Waals surface area contributed by atoms with Crippen molar-refractivity contribution in [2.75, 3.05) is 12.4 Å². The quantitative estimate of drug-likeness (QED) is 0.727. The minimum atomic E-state index is 0.598. The summed E-state index contributed by atoms with van der Waals surface area (Å²) in [5, 5.41) is 3.67. The molecule has 0 aliphatic carbocycles. The Bertz CT molecular complexity index is 248. The van der Waals surface area contributed by atoms with Gasteiger partial charge in [0, 0.05) is 23.4 Å². The molecule has 0 amide bonds. The van der Waals surface area contributed by atoms with E-state index in [2.05, 4.69) is 30.2 Å². The third kappa shape index (κ3) is 2.41. The van der Waals surface area contributed by atoms with Crippen LogP contribution in [0.2, 0.25) is 0 Å². The van der Waals surface area contributed by atoms with Gasteiger partial charge in [0.15, 0.2) is 0 Å². The van der Waals surface area contributed by atoms with Gasteiger partial charge in [-0.1, -0.05) is 13.8 Å². The zero-order valence-electron chi connectivity index (χ0n) is 7.66. The van der Waals surface area contributed by atoms with Crippen LogP contribution in [0.15, 0.2) is 23.2 Å². The van der Waals surface area contributed by atoms with Gasteiger partial charge in [-0.15, -0.1) is 11.8 Å². The van der Waals surface area contributed by atoms with E-state index in [-0.39, 0.29) is 0 Å². The monoisotopic (exact) mass is 182 g/mol. The lowest BCUT2D eigenvalue weighted by atomic mass is 10.4. The molecule has 2 nitrogen and oxygen atoms in total. The highest BCUT2D eigenvalue weighted by atomic mass is 32.2. The van der Waals surface area contributed by atoms with E-state index in [9.17, 15) is 0 Å². The molecule has 0 saturated carbocycles. The summed E-state index contributed by atoms with van der Waals surface area (Å²) in [6, 6.07) is 4.05. The van der Waals surface area contributed by atoms with Crippen LogP contribution in [-0.4, -0.2) is 17.3 Å². The lowest BCUT2D eigenvalue weighted by molar-refractivity contribution is 1.10. The number of anilines is 1.